The van der Waals surface area contributed by atoms with Gasteiger partial charge < -0.3 is 19.4 Å². The summed E-state index contributed by atoms with van der Waals surface area (Å²) in [5.74, 6) is 1.53. The average Bonchev–Trinajstić information content (AvgIpc) is 3.13. The van der Waals surface area contributed by atoms with Crippen molar-refractivity contribution in [1.82, 2.24) is 9.88 Å². The summed E-state index contributed by atoms with van der Waals surface area (Å²) in [5.41, 5.74) is 3.88. The van der Waals surface area contributed by atoms with E-state index in [1.54, 1.807) is 7.11 Å². The average molecular weight is 379 g/mol. The fraction of sp³-hybridized carbons (Fsp3) is 0.417. The topological polar surface area (TPSA) is 35.4 Å². The lowest BCUT2D eigenvalue weighted by Crippen LogP contribution is -2.29. The number of ether oxygens (including phenoxy) is 2. The largest absolute Gasteiger partial charge is 0.488 e. The molecule has 1 fully saturated rings. The Bertz CT molecular complexity index is 882. The van der Waals surface area contributed by atoms with Crippen molar-refractivity contribution in [3.05, 3.63) is 65.9 Å². The Hall–Kier alpha value is -2.30. The first-order chi connectivity index (χ1) is 13.9. The van der Waals surface area contributed by atoms with Crippen molar-refractivity contribution in [2.75, 3.05) is 26.8 Å². The molecule has 4 rings (SSSR count). The second-order valence-electron chi connectivity index (χ2n) is 7.57. The normalized spacial score (nSPS) is 17.1. The summed E-state index contributed by atoms with van der Waals surface area (Å²) in [5, 5.41) is 4.78. The maximum Gasteiger partial charge on any atom is 0.129 e. The van der Waals surface area contributed by atoms with E-state index in [0.29, 0.717) is 12.5 Å². The number of fused-ring (bicyclic) bond motifs is 1. The number of nitrogens with one attached hydrogen (secondary N) is 1. The number of piperidine rings is 1. The molecule has 0 bridgehead atoms. The highest BCUT2D eigenvalue weighted by atomic mass is 16.5. The van der Waals surface area contributed by atoms with Crippen molar-refractivity contribution in [3.8, 4) is 5.75 Å². The van der Waals surface area contributed by atoms with Crippen LogP contribution in [0.5, 0.6) is 5.75 Å². The van der Waals surface area contributed by atoms with Crippen LogP contribution in [0.1, 0.15) is 36.4 Å². The third-order valence-electron chi connectivity index (χ3n) is 5.62. The molecule has 0 saturated carbocycles. The number of hydrogen-bond acceptors (Lipinski definition) is 3. The number of methoxy groups -OCH3 is 1. The van der Waals surface area contributed by atoms with Gasteiger partial charge in [-0.15, -0.1) is 0 Å². The minimum Gasteiger partial charge on any atom is -0.488 e. The lowest BCUT2D eigenvalue weighted by molar-refractivity contribution is 0.190. The Balaban J connectivity index is 1.65. The Kier molecular flexibility index (Phi) is 6.30. The van der Waals surface area contributed by atoms with E-state index < -0.39 is 0 Å². The SMILES string of the molecule is COCCCn1c(C2CCCNC2)cc2c(OCc3ccccc3)cccc21. The Morgan fingerprint density at radius 1 is 1.11 bits per heavy atom. The van der Waals surface area contributed by atoms with Crippen molar-refractivity contribution in [1.29, 1.82) is 0 Å². The van der Waals surface area contributed by atoms with Crippen LogP contribution in [0.2, 0.25) is 0 Å². The van der Waals surface area contributed by atoms with Crippen molar-refractivity contribution in [3.63, 3.8) is 0 Å². The smallest absolute Gasteiger partial charge is 0.129 e. The van der Waals surface area contributed by atoms with E-state index in [0.717, 1.165) is 38.4 Å². The molecule has 4 nitrogen and oxygen atoms in total. The highest BCUT2D eigenvalue weighted by Crippen LogP contribution is 2.34. The molecule has 1 aliphatic rings. The molecule has 1 N–H and O–H groups in total. The van der Waals surface area contributed by atoms with Gasteiger partial charge in [-0.3, -0.25) is 0 Å². The molecule has 1 aromatic heterocycles. The summed E-state index contributed by atoms with van der Waals surface area (Å²) in [4.78, 5) is 0. The molecule has 1 saturated heterocycles. The highest BCUT2D eigenvalue weighted by molar-refractivity contribution is 5.87. The number of benzene rings is 2. The summed E-state index contributed by atoms with van der Waals surface area (Å²) in [7, 11) is 1.77. The van der Waals surface area contributed by atoms with Gasteiger partial charge in [0, 0.05) is 43.8 Å². The van der Waals surface area contributed by atoms with Crippen molar-refractivity contribution >= 4 is 10.9 Å². The van der Waals surface area contributed by atoms with Gasteiger partial charge in [0.05, 0.1) is 5.52 Å². The predicted octanol–water partition coefficient (Wildman–Crippen LogP) is 4.72. The van der Waals surface area contributed by atoms with Gasteiger partial charge in [0.15, 0.2) is 0 Å². The zero-order valence-corrected chi connectivity index (χ0v) is 16.7. The Labute approximate surface area is 167 Å². The van der Waals surface area contributed by atoms with Gasteiger partial charge in [0.25, 0.3) is 0 Å². The number of hydrogen-bond donors (Lipinski definition) is 1. The van der Waals surface area contributed by atoms with Crippen LogP contribution in [-0.2, 0) is 17.9 Å². The highest BCUT2D eigenvalue weighted by Gasteiger charge is 2.21. The van der Waals surface area contributed by atoms with Crippen LogP contribution in [0.3, 0.4) is 0 Å². The van der Waals surface area contributed by atoms with Gasteiger partial charge in [-0.05, 0) is 49.6 Å². The van der Waals surface area contributed by atoms with E-state index in [1.807, 2.05) is 6.07 Å². The van der Waals surface area contributed by atoms with E-state index >= 15 is 0 Å². The number of nitrogens with zero attached hydrogens (tertiary/aromatic N) is 1. The van der Waals surface area contributed by atoms with Crippen LogP contribution < -0.4 is 10.1 Å². The molecule has 1 atom stereocenters. The zero-order valence-electron chi connectivity index (χ0n) is 16.7. The molecule has 1 unspecified atom stereocenters. The van der Waals surface area contributed by atoms with Crippen molar-refractivity contribution < 1.29 is 9.47 Å². The summed E-state index contributed by atoms with van der Waals surface area (Å²) >= 11 is 0. The quantitative estimate of drug-likeness (QED) is 0.576. The third-order valence-corrected chi connectivity index (χ3v) is 5.62. The summed E-state index contributed by atoms with van der Waals surface area (Å²) in [6.45, 7) is 4.54. The van der Waals surface area contributed by atoms with Crippen LogP contribution in [0, 0.1) is 0 Å². The maximum atomic E-state index is 6.23. The van der Waals surface area contributed by atoms with E-state index in [4.69, 9.17) is 9.47 Å². The first-order valence-corrected chi connectivity index (χ1v) is 10.4. The van der Waals surface area contributed by atoms with Gasteiger partial charge in [-0.1, -0.05) is 36.4 Å². The van der Waals surface area contributed by atoms with E-state index in [-0.39, 0.29) is 0 Å². The summed E-state index contributed by atoms with van der Waals surface area (Å²) in [6, 6.07) is 19.1. The Morgan fingerprint density at radius 3 is 2.79 bits per heavy atom. The maximum absolute atomic E-state index is 6.23. The fourth-order valence-electron chi connectivity index (χ4n) is 4.20. The number of rotatable bonds is 8. The molecule has 2 heterocycles. The first-order valence-electron chi connectivity index (χ1n) is 10.4. The van der Waals surface area contributed by atoms with E-state index in [2.05, 4.69) is 58.4 Å². The monoisotopic (exact) mass is 378 g/mol. The minimum atomic E-state index is 0.561. The van der Waals surface area contributed by atoms with E-state index in [1.165, 1.54) is 35.0 Å². The molecule has 2 aromatic carbocycles. The Morgan fingerprint density at radius 2 is 2.00 bits per heavy atom. The molecular formula is C24H30N2O2. The predicted molar refractivity (Wildman–Crippen MR) is 114 cm³/mol. The third kappa shape index (κ3) is 4.23. The van der Waals surface area contributed by atoms with Crippen molar-refractivity contribution in [2.45, 2.75) is 38.3 Å². The van der Waals surface area contributed by atoms with Gasteiger partial charge in [0.2, 0.25) is 0 Å². The molecule has 28 heavy (non-hydrogen) atoms. The molecular weight excluding hydrogens is 348 g/mol. The van der Waals surface area contributed by atoms with Gasteiger partial charge in [-0.25, -0.2) is 0 Å². The molecule has 0 spiro atoms. The summed E-state index contributed by atoms with van der Waals surface area (Å²) < 4.78 is 14.0. The van der Waals surface area contributed by atoms with Gasteiger partial charge in [0.1, 0.15) is 12.4 Å². The molecule has 0 aliphatic carbocycles. The second kappa shape index (κ2) is 9.26. The first kappa shape index (κ1) is 19.0. The lowest BCUT2D eigenvalue weighted by atomic mass is 9.96. The summed E-state index contributed by atoms with van der Waals surface area (Å²) in [6.07, 6.45) is 3.50. The lowest BCUT2D eigenvalue weighted by Gasteiger charge is -2.24. The van der Waals surface area contributed by atoms with Crippen LogP contribution in [0.25, 0.3) is 10.9 Å². The standard InChI is InChI=1S/C24H30N2O2/c1-27-15-7-14-26-22-11-5-12-24(28-18-19-8-3-2-4-9-19)21(22)16-23(26)20-10-6-13-25-17-20/h2-5,8-9,11-12,16,20,25H,6-7,10,13-15,17-18H2,1H3. The molecule has 1 aliphatic heterocycles. The van der Waals surface area contributed by atoms with Crippen LogP contribution in [0.4, 0.5) is 0 Å². The molecule has 148 valence electrons. The van der Waals surface area contributed by atoms with E-state index in [9.17, 15) is 0 Å². The number of aromatic nitrogens is 1. The molecule has 3 aromatic rings. The van der Waals surface area contributed by atoms with Crippen LogP contribution in [-0.4, -0.2) is 31.4 Å². The minimum absolute atomic E-state index is 0.561. The van der Waals surface area contributed by atoms with Gasteiger partial charge >= 0.3 is 0 Å². The zero-order chi connectivity index (χ0) is 19.2. The molecule has 4 heteroatoms. The number of aryl methyl sites for hydroxylation is 1. The van der Waals surface area contributed by atoms with Crippen LogP contribution >= 0.6 is 0 Å². The second-order valence-corrected chi connectivity index (χ2v) is 7.57. The van der Waals surface area contributed by atoms with Crippen molar-refractivity contribution in [2.24, 2.45) is 0 Å². The van der Waals surface area contributed by atoms with Crippen LogP contribution in [0.15, 0.2) is 54.6 Å². The van der Waals surface area contributed by atoms with Gasteiger partial charge in [-0.2, -0.15) is 0 Å². The fourth-order valence-corrected chi connectivity index (χ4v) is 4.20. The molecule has 0 radical (unpaired) electrons. The molecule has 0 amide bonds.